The molecule has 0 bridgehead atoms. The highest BCUT2D eigenvalue weighted by Gasteiger charge is 2.13. The van der Waals surface area contributed by atoms with Crippen LogP contribution in [0.15, 0.2) is 36.4 Å². The third-order valence-electron chi connectivity index (χ3n) is 3.62. The Labute approximate surface area is 152 Å². The topological polar surface area (TPSA) is 92.6 Å². The number of methoxy groups -OCH3 is 3. The molecule has 7 heteroatoms. The zero-order chi connectivity index (χ0) is 18.9. The number of nitriles is 1. The molecule has 0 fully saturated rings. The van der Waals surface area contributed by atoms with E-state index in [-0.39, 0.29) is 12.3 Å². The first-order valence-electron chi connectivity index (χ1n) is 7.95. The van der Waals surface area contributed by atoms with Crippen LogP contribution in [-0.4, -0.2) is 33.8 Å². The monoisotopic (exact) mass is 355 g/mol. The van der Waals surface area contributed by atoms with E-state index in [1.54, 1.807) is 57.7 Å². The summed E-state index contributed by atoms with van der Waals surface area (Å²) in [7, 11) is 4.63. The molecule has 0 heterocycles. The van der Waals surface area contributed by atoms with Crippen LogP contribution in [0.2, 0.25) is 0 Å². The van der Waals surface area contributed by atoms with Crippen molar-refractivity contribution in [1.82, 2.24) is 0 Å². The minimum atomic E-state index is -0.153. The SMILES string of the molecule is COc1cc(NCCC(=O)Nc2cccc(C#N)c2)cc(OC)c1OC. The fraction of sp³-hybridized carbons (Fsp3) is 0.263. The van der Waals surface area contributed by atoms with E-state index in [0.717, 1.165) is 5.69 Å². The number of hydrogen-bond acceptors (Lipinski definition) is 6. The molecule has 2 N–H and O–H groups in total. The van der Waals surface area contributed by atoms with E-state index >= 15 is 0 Å². The maximum Gasteiger partial charge on any atom is 0.226 e. The van der Waals surface area contributed by atoms with E-state index in [9.17, 15) is 4.79 Å². The predicted octanol–water partition coefficient (Wildman–Crippen LogP) is 3.02. The Hall–Kier alpha value is -3.40. The molecule has 0 radical (unpaired) electrons. The second-order valence-electron chi connectivity index (χ2n) is 5.33. The molecule has 0 aliphatic rings. The summed E-state index contributed by atoms with van der Waals surface area (Å²) in [5.74, 6) is 1.43. The number of ether oxygens (including phenoxy) is 3. The lowest BCUT2D eigenvalue weighted by Gasteiger charge is -2.15. The molecular formula is C19H21N3O4. The van der Waals surface area contributed by atoms with Gasteiger partial charge in [0.25, 0.3) is 0 Å². The minimum Gasteiger partial charge on any atom is -0.493 e. The van der Waals surface area contributed by atoms with Crippen molar-refractivity contribution in [3.63, 3.8) is 0 Å². The number of carbonyl (C=O) groups is 1. The summed E-state index contributed by atoms with van der Waals surface area (Å²) in [6, 6.07) is 12.4. The quantitative estimate of drug-likeness (QED) is 0.756. The van der Waals surface area contributed by atoms with Gasteiger partial charge in [0.05, 0.1) is 33.0 Å². The van der Waals surface area contributed by atoms with Gasteiger partial charge in [0.15, 0.2) is 11.5 Å². The van der Waals surface area contributed by atoms with Gasteiger partial charge in [-0.2, -0.15) is 5.26 Å². The standard InChI is InChI=1S/C19H21N3O4/c1-24-16-10-15(11-17(25-2)19(16)26-3)21-8-7-18(23)22-14-6-4-5-13(9-14)12-20/h4-6,9-11,21H,7-8H2,1-3H3,(H,22,23). The van der Waals surface area contributed by atoms with E-state index in [1.807, 2.05) is 6.07 Å². The van der Waals surface area contributed by atoms with Crippen LogP contribution in [0.1, 0.15) is 12.0 Å². The van der Waals surface area contributed by atoms with Crippen LogP contribution in [0.3, 0.4) is 0 Å². The van der Waals surface area contributed by atoms with Gasteiger partial charge < -0.3 is 24.8 Å². The van der Waals surface area contributed by atoms with Crippen molar-refractivity contribution in [2.45, 2.75) is 6.42 Å². The fourth-order valence-corrected chi connectivity index (χ4v) is 2.39. The average Bonchev–Trinajstić information content (AvgIpc) is 2.67. The van der Waals surface area contributed by atoms with Gasteiger partial charge >= 0.3 is 0 Å². The Kier molecular flexibility index (Phi) is 6.68. The highest BCUT2D eigenvalue weighted by atomic mass is 16.5. The highest BCUT2D eigenvalue weighted by molar-refractivity contribution is 5.91. The molecule has 26 heavy (non-hydrogen) atoms. The number of anilines is 2. The number of nitrogens with one attached hydrogen (secondary N) is 2. The molecule has 0 unspecified atom stereocenters. The van der Waals surface area contributed by atoms with Crippen molar-refractivity contribution in [2.24, 2.45) is 0 Å². The number of hydrogen-bond donors (Lipinski definition) is 2. The van der Waals surface area contributed by atoms with Crippen LogP contribution in [0.25, 0.3) is 0 Å². The van der Waals surface area contributed by atoms with Gasteiger partial charge in [-0.15, -0.1) is 0 Å². The summed E-state index contributed by atoms with van der Waals surface area (Å²) in [6.07, 6.45) is 0.257. The van der Waals surface area contributed by atoms with Crippen molar-refractivity contribution in [1.29, 1.82) is 5.26 Å². The lowest BCUT2D eigenvalue weighted by Crippen LogP contribution is -2.16. The van der Waals surface area contributed by atoms with Crippen LogP contribution in [0, 0.1) is 11.3 Å². The highest BCUT2D eigenvalue weighted by Crippen LogP contribution is 2.39. The van der Waals surface area contributed by atoms with Crippen molar-refractivity contribution in [3.8, 4) is 23.3 Å². The fourth-order valence-electron chi connectivity index (χ4n) is 2.39. The Morgan fingerprint density at radius 1 is 1.04 bits per heavy atom. The zero-order valence-corrected chi connectivity index (χ0v) is 15.0. The minimum absolute atomic E-state index is 0.153. The van der Waals surface area contributed by atoms with Crippen molar-refractivity contribution in [2.75, 3.05) is 38.5 Å². The van der Waals surface area contributed by atoms with Crippen LogP contribution in [0.5, 0.6) is 17.2 Å². The lowest BCUT2D eigenvalue weighted by atomic mass is 10.2. The Morgan fingerprint density at radius 2 is 1.73 bits per heavy atom. The predicted molar refractivity (Wildman–Crippen MR) is 99.0 cm³/mol. The van der Waals surface area contributed by atoms with Gasteiger partial charge in [-0.25, -0.2) is 0 Å². The second-order valence-corrected chi connectivity index (χ2v) is 5.33. The molecule has 0 aromatic heterocycles. The summed E-state index contributed by atoms with van der Waals surface area (Å²) in [5.41, 5.74) is 1.85. The van der Waals surface area contributed by atoms with Gasteiger partial charge in [0.2, 0.25) is 11.7 Å². The molecule has 0 saturated carbocycles. The number of nitrogens with zero attached hydrogens (tertiary/aromatic N) is 1. The Balaban J connectivity index is 1.94. The molecule has 7 nitrogen and oxygen atoms in total. The molecule has 0 saturated heterocycles. The third kappa shape index (κ3) is 4.80. The number of amides is 1. The number of carbonyl (C=O) groups excluding carboxylic acids is 1. The molecule has 2 aromatic carbocycles. The molecule has 0 atom stereocenters. The van der Waals surface area contributed by atoms with Crippen LogP contribution >= 0.6 is 0 Å². The van der Waals surface area contributed by atoms with Gasteiger partial charge in [-0.05, 0) is 18.2 Å². The van der Waals surface area contributed by atoms with E-state index in [4.69, 9.17) is 19.5 Å². The average molecular weight is 355 g/mol. The van der Waals surface area contributed by atoms with Crippen molar-refractivity contribution < 1.29 is 19.0 Å². The van der Waals surface area contributed by atoms with E-state index < -0.39 is 0 Å². The summed E-state index contributed by atoms with van der Waals surface area (Å²) in [6.45, 7) is 0.419. The lowest BCUT2D eigenvalue weighted by molar-refractivity contribution is -0.115. The molecular weight excluding hydrogens is 334 g/mol. The van der Waals surface area contributed by atoms with Gasteiger partial charge in [0.1, 0.15) is 0 Å². The van der Waals surface area contributed by atoms with Crippen LogP contribution in [-0.2, 0) is 4.79 Å². The van der Waals surface area contributed by atoms with Crippen molar-refractivity contribution in [3.05, 3.63) is 42.0 Å². The maximum atomic E-state index is 12.0. The van der Waals surface area contributed by atoms with E-state index in [1.165, 1.54) is 0 Å². The van der Waals surface area contributed by atoms with Gasteiger partial charge in [-0.3, -0.25) is 4.79 Å². The summed E-state index contributed by atoms with van der Waals surface area (Å²) < 4.78 is 15.9. The molecule has 1 amide bonds. The van der Waals surface area contributed by atoms with Gasteiger partial charge in [0, 0.05) is 36.5 Å². The number of benzene rings is 2. The Morgan fingerprint density at radius 3 is 2.31 bits per heavy atom. The summed E-state index contributed by atoms with van der Waals surface area (Å²) >= 11 is 0. The first kappa shape index (κ1) is 18.9. The summed E-state index contributed by atoms with van der Waals surface area (Å²) in [4.78, 5) is 12.0. The first-order chi connectivity index (χ1) is 12.6. The van der Waals surface area contributed by atoms with Crippen LogP contribution < -0.4 is 24.8 Å². The van der Waals surface area contributed by atoms with Crippen LogP contribution in [0.4, 0.5) is 11.4 Å². The Bertz CT molecular complexity index is 790. The number of rotatable bonds is 8. The van der Waals surface area contributed by atoms with E-state index in [0.29, 0.717) is 35.0 Å². The first-order valence-corrected chi connectivity index (χ1v) is 7.95. The smallest absolute Gasteiger partial charge is 0.226 e. The normalized spacial score (nSPS) is 9.77. The van der Waals surface area contributed by atoms with Gasteiger partial charge in [-0.1, -0.05) is 6.07 Å². The molecule has 2 rings (SSSR count). The summed E-state index contributed by atoms with van der Waals surface area (Å²) in [5, 5.41) is 14.8. The molecule has 136 valence electrons. The molecule has 0 aliphatic carbocycles. The maximum absolute atomic E-state index is 12.0. The largest absolute Gasteiger partial charge is 0.493 e. The molecule has 0 spiro atoms. The third-order valence-corrected chi connectivity index (χ3v) is 3.62. The molecule has 0 aliphatic heterocycles. The van der Waals surface area contributed by atoms with E-state index in [2.05, 4.69) is 10.6 Å². The molecule has 2 aromatic rings. The second kappa shape index (κ2) is 9.18. The zero-order valence-electron chi connectivity index (χ0n) is 15.0. The van der Waals surface area contributed by atoms with Crippen molar-refractivity contribution >= 4 is 17.3 Å².